The molecular weight excluding hydrogens is 338 g/mol. The summed E-state index contributed by atoms with van der Waals surface area (Å²) in [6, 6.07) is 7.40. The van der Waals surface area contributed by atoms with Crippen molar-refractivity contribution in [3.8, 4) is 5.75 Å². The zero-order valence-corrected chi connectivity index (χ0v) is 15.0. The van der Waals surface area contributed by atoms with Gasteiger partial charge < -0.3 is 14.5 Å². The van der Waals surface area contributed by atoms with E-state index in [1.165, 1.54) is 0 Å². The van der Waals surface area contributed by atoms with E-state index in [1.54, 1.807) is 14.0 Å². The van der Waals surface area contributed by atoms with Gasteiger partial charge in [0.2, 0.25) is 0 Å². The maximum atomic E-state index is 12.8. The van der Waals surface area contributed by atoms with Crippen LogP contribution in [-0.2, 0) is 21.3 Å². The summed E-state index contributed by atoms with van der Waals surface area (Å²) in [6.07, 6.45) is 0.476. The summed E-state index contributed by atoms with van der Waals surface area (Å²) in [7, 11) is 0.154. The molecule has 25 heavy (non-hydrogen) atoms. The first-order valence-electron chi connectivity index (χ1n) is 8.92. The Bertz CT molecular complexity index is 945. The average molecular weight is 361 g/mol. The third kappa shape index (κ3) is 4.24. The smallest absolute Gasteiger partial charge is 0.197 e. The Morgan fingerprint density at radius 3 is 2.96 bits per heavy atom. The van der Waals surface area contributed by atoms with E-state index in [9.17, 15) is 4.21 Å². The van der Waals surface area contributed by atoms with E-state index in [4.69, 9.17) is 12.2 Å². The largest absolute Gasteiger partial charge is 0.493 e. The molecule has 1 aromatic carbocycles. The fourth-order valence-electron chi connectivity index (χ4n) is 2.35. The number of hydrogen-bond donors (Lipinski definition) is 1. The highest BCUT2D eigenvalue weighted by Gasteiger charge is 2.14. The molecule has 0 radical (unpaired) electrons. The number of rotatable bonds is 8. The predicted octanol–water partition coefficient (Wildman–Crippen LogP) is 2.99. The first-order valence-corrected chi connectivity index (χ1v) is 9.24. The van der Waals surface area contributed by atoms with Gasteiger partial charge in [-0.1, -0.05) is 12.1 Å². The molecule has 0 bridgehead atoms. The number of methoxy groups -OCH3 is 1. The van der Waals surface area contributed by atoms with E-state index in [0.29, 0.717) is 41.8 Å². The zero-order chi connectivity index (χ0) is 19.4. The third-order valence-electron chi connectivity index (χ3n) is 3.72. The molecule has 2 aromatic heterocycles. The molecule has 0 amide bonds. The van der Waals surface area contributed by atoms with E-state index in [2.05, 4.69) is 15.0 Å². The molecule has 0 aliphatic carbocycles. The van der Waals surface area contributed by atoms with Gasteiger partial charge in [-0.2, -0.15) is 0 Å². The van der Waals surface area contributed by atoms with Crippen LogP contribution in [-0.4, -0.2) is 39.5 Å². The number of benzene rings is 1. The van der Waals surface area contributed by atoms with Crippen molar-refractivity contribution in [1.82, 2.24) is 15.0 Å². The second-order valence-electron chi connectivity index (χ2n) is 5.49. The fraction of sp³-hybridized carbons (Fsp3) is 0.333. The molecule has 2 heterocycles. The lowest BCUT2D eigenvalue weighted by molar-refractivity contribution is 0.172. The van der Waals surface area contributed by atoms with Crippen LogP contribution in [0.3, 0.4) is 0 Å². The lowest BCUT2D eigenvalue weighted by Crippen LogP contribution is -2.06. The molecule has 7 heteroatoms. The van der Waals surface area contributed by atoms with Crippen LogP contribution < -0.4 is 4.74 Å². The topological polar surface area (TPSA) is 77.1 Å². The number of fused-ring (bicyclic) bond motifs is 1. The third-order valence-corrected chi connectivity index (χ3v) is 4.88. The Hall–Kier alpha value is -2.25. The van der Waals surface area contributed by atoms with Crippen molar-refractivity contribution >= 4 is 21.8 Å². The van der Waals surface area contributed by atoms with E-state index < -0.39 is 10.8 Å². The van der Waals surface area contributed by atoms with Crippen molar-refractivity contribution in [3.63, 3.8) is 0 Å². The summed E-state index contributed by atoms with van der Waals surface area (Å²) >= 11 is 0. The summed E-state index contributed by atoms with van der Waals surface area (Å²) in [5.74, 6) is 0.398. The Morgan fingerprint density at radius 1 is 1.32 bits per heavy atom. The number of pyridine rings is 1. The zero-order valence-electron chi connectivity index (χ0n) is 16.2. The highest BCUT2D eigenvalue weighted by Crippen LogP contribution is 2.22. The molecule has 0 saturated heterocycles. The number of aromatic amines is 1. The molecule has 0 spiro atoms. The van der Waals surface area contributed by atoms with Gasteiger partial charge in [0, 0.05) is 31.9 Å². The van der Waals surface area contributed by atoms with Crippen LogP contribution >= 0.6 is 0 Å². The van der Waals surface area contributed by atoms with Crippen LogP contribution in [0.2, 0.25) is 0 Å². The van der Waals surface area contributed by atoms with Crippen molar-refractivity contribution in [3.05, 3.63) is 47.7 Å². The highest BCUT2D eigenvalue weighted by atomic mass is 32.2. The van der Waals surface area contributed by atoms with E-state index in [0.717, 1.165) is 11.0 Å². The van der Waals surface area contributed by atoms with Crippen molar-refractivity contribution < 1.29 is 16.4 Å². The van der Waals surface area contributed by atoms with Gasteiger partial charge in [-0.05, 0) is 25.1 Å². The van der Waals surface area contributed by atoms with Gasteiger partial charge in [0.1, 0.15) is 5.75 Å². The predicted molar refractivity (Wildman–Crippen MR) is 97.2 cm³/mol. The molecule has 1 unspecified atom stereocenters. The van der Waals surface area contributed by atoms with Gasteiger partial charge in [-0.3, -0.25) is 9.19 Å². The number of ether oxygens (including phenoxy) is 2. The number of aromatic nitrogens is 3. The van der Waals surface area contributed by atoms with Gasteiger partial charge in [0.15, 0.2) is 5.16 Å². The summed E-state index contributed by atoms with van der Waals surface area (Å²) < 4.78 is 39.4. The molecule has 6 nitrogen and oxygen atoms in total. The second kappa shape index (κ2) is 8.22. The normalized spacial score (nSPS) is 13.5. The quantitative estimate of drug-likeness (QED) is 0.624. The van der Waals surface area contributed by atoms with Crippen LogP contribution in [0, 0.1) is 6.92 Å². The second-order valence-corrected chi connectivity index (χ2v) is 6.86. The number of para-hydroxylation sites is 2. The molecular formula is C18H21N3O3S. The van der Waals surface area contributed by atoms with Crippen LogP contribution in [0.5, 0.6) is 5.75 Å². The van der Waals surface area contributed by atoms with Crippen LogP contribution in [0.25, 0.3) is 11.0 Å². The lowest BCUT2D eigenvalue weighted by atomic mass is 10.2. The number of nitrogens with one attached hydrogen (secondary N) is 1. The molecule has 3 aromatic rings. The molecule has 0 aliphatic heterocycles. The van der Waals surface area contributed by atoms with Gasteiger partial charge in [0.25, 0.3) is 0 Å². The SMILES string of the molecule is [2H]c1nc(CS(=O)c2nc3ccccc3[nH]2)c(C)c(OCCCOC)c1[2H]. The van der Waals surface area contributed by atoms with Gasteiger partial charge in [0.05, 0.1) is 42.6 Å². The van der Waals surface area contributed by atoms with Crippen molar-refractivity contribution in [2.45, 2.75) is 24.3 Å². The highest BCUT2D eigenvalue weighted by molar-refractivity contribution is 7.84. The lowest BCUT2D eigenvalue weighted by Gasteiger charge is -2.11. The van der Waals surface area contributed by atoms with Gasteiger partial charge in [-0.15, -0.1) is 0 Å². The molecule has 1 atom stereocenters. The van der Waals surface area contributed by atoms with E-state index >= 15 is 0 Å². The summed E-state index contributed by atoms with van der Waals surface area (Å²) in [6.45, 7) is 2.69. The first kappa shape index (κ1) is 15.0. The monoisotopic (exact) mass is 361 g/mol. The molecule has 132 valence electrons. The maximum absolute atomic E-state index is 12.8. The number of hydrogen-bond acceptors (Lipinski definition) is 5. The minimum Gasteiger partial charge on any atom is -0.493 e. The number of imidazole rings is 1. The molecule has 0 fully saturated rings. The molecule has 1 N–H and O–H groups in total. The van der Waals surface area contributed by atoms with Gasteiger partial charge in [-0.25, -0.2) is 4.98 Å². The summed E-state index contributed by atoms with van der Waals surface area (Å²) in [5.41, 5.74) is 2.65. The summed E-state index contributed by atoms with van der Waals surface area (Å²) in [5, 5.41) is 0.362. The minimum atomic E-state index is -1.46. The van der Waals surface area contributed by atoms with Crippen molar-refractivity contribution in [2.24, 2.45) is 0 Å². The van der Waals surface area contributed by atoms with Gasteiger partial charge >= 0.3 is 0 Å². The first-order chi connectivity index (χ1) is 13.0. The Labute approximate surface area is 151 Å². The van der Waals surface area contributed by atoms with E-state index in [-0.39, 0.29) is 18.0 Å². The van der Waals surface area contributed by atoms with Crippen molar-refractivity contribution in [1.29, 1.82) is 0 Å². The van der Waals surface area contributed by atoms with Crippen LogP contribution in [0.15, 0.2) is 41.6 Å². The van der Waals surface area contributed by atoms with E-state index in [1.807, 2.05) is 24.3 Å². The molecule has 0 saturated carbocycles. The number of nitrogens with zero attached hydrogens (tertiary/aromatic N) is 2. The molecule has 0 aliphatic rings. The molecule has 3 rings (SSSR count). The Morgan fingerprint density at radius 2 is 2.16 bits per heavy atom. The van der Waals surface area contributed by atoms with Crippen molar-refractivity contribution in [2.75, 3.05) is 20.3 Å². The standard InChI is InChI=1S/C18H21N3O3S/c1-13-16(19-9-8-17(13)24-11-5-10-23-2)12-25(22)18-20-14-6-3-4-7-15(14)21-18/h3-4,6-9H,5,10-12H2,1-2H3,(H,20,21)/i8D,9D. The fourth-order valence-corrected chi connectivity index (χ4v) is 3.44. The Balaban J connectivity index is 1.83. The van der Waals surface area contributed by atoms with Crippen LogP contribution in [0.4, 0.5) is 0 Å². The summed E-state index contributed by atoms with van der Waals surface area (Å²) in [4.78, 5) is 11.6. The minimum absolute atomic E-state index is 0.0665. The van der Waals surface area contributed by atoms with Crippen LogP contribution in [0.1, 0.15) is 20.4 Å². The maximum Gasteiger partial charge on any atom is 0.197 e. The Kier molecular flexibility index (Phi) is 4.95. The number of H-pyrrole nitrogens is 1. The average Bonchev–Trinajstić information content (AvgIpc) is 3.10.